The Hall–Kier alpha value is -2.53. The van der Waals surface area contributed by atoms with E-state index in [0.717, 1.165) is 128 Å². The number of phosphoric acid groups is 1. The highest BCUT2D eigenvalue weighted by Gasteiger charge is 2.60. The Labute approximate surface area is 712 Å². The SMILES string of the molecule is CCCCCCCCCCCCCCCCCCC(=O)OCC(COP(=O)(O)OC1C(OC2OC(CO)C(O)C(O)C2O)C(O)C(O)C(OC(=O)CCCCCCCCCCCCCCCCC)C1OC1OC(COC(=O)CCCCCCCCCCCCCCCCC)C(O)C(O)C1O)OC(=O)CCCCCCCCCCCCCCC. The number of aliphatic hydroxyl groups is 9. The van der Waals surface area contributed by atoms with Crippen molar-refractivity contribution >= 4 is 31.7 Å². The first-order valence-electron chi connectivity index (χ1n) is 48.3. The zero-order valence-corrected chi connectivity index (χ0v) is 75.1. The zero-order chi connectivity index (χ0) is 86.1. The third-order valence-corrected chi connectivity index (χ3v) is 24.8. The smallest absolute Gasteiger partial charge is 0.463 e. The van der Waals surface area contributed by atoms with E-state index in [9.17, 15) is 74.6 Å². The van der Waals surface area contributed by atoms with E-state index < -0.39 is 162 Å². The van der Waals surface area contributed by atoms with E-state index in [1.54, 1.807) is 0 Å². The summed E-state index contributed by atoms with van der Waals surface area (Å²) in [5.41, 5.74) is 0. The molecule has 10 N–H and O–H groups in total. The van der Waals surface area contributed by atoms with Crippen molar-refractivity contribution in [2.45, 2.75) is 536 Å². The van der Waals surface area contributed by atoms with Gasteiger partial charge in [0.25, 0.3) is 0 Å². The van der Waals surface area contributed by atoms with Crippen LogP contribution in [-0.4, -0.2) is 205 Å². The third kappa shape index (κ3) is 51.2. The number of aliphatic hydroxyl groups excluding tert-OH is 9. The van der Waals surface area contributed by atoms with Gasteiger partial charge in [-0.3, -0.25) is 28.2 Å². The predicted molar refractivity (Wildman–Crippen MR) is 458 cm³/mol. The van der Waals surface area contributed by atoms with Crippen LogP contribution in [0.5, 0.6) is 0 Å². The molecule has 0 amide bonds. The highest BCUT2D eigenvalue weighted by Crippen LogP contribution is 2.49. The average Bonchev–Trinajstić information content (AvgIpc) is 0.754. The second kappa shape index (κ2) is 71.6. The molecule has 2 heterocycles. The van der Waals surface area contributed by atoms with Crippen LogP contribution in [0.4, 0.5) is 0 Å². The van der Waals surface area contributed by atoms with Gasteiger partial charge in [0.2, 0.25) is 0 Å². The molecule has 0 spiro atoms. The van der Waals surface area contributed by atoms with Crippen molar-refractivity contribution in [3.8, 4) is 0 Å². The zero-order valence-electron chi connectivity index (χ0n) is 74.2. The Bertz CT molecular complexity index is 2450. The van der Waals surface area contributed by atoms with Crippen molar-refractivity contribution in [3.05, 3.63) is 0 Å². The number of ether oxygens (including phenoxy) is 8. The van der Waals surface area contributed by atoms with Gasteiger partial charge in [0.1, 0.15) is 92.6 Å². The van der Waals surface area contributed by atoms with Gasteiger partial charge in [-0.15, -0.1) is 0 Å². The molecule has 0 bridgehead atoms. The molecular weight excluding hydrogens is 1540 g/mol. The van der Waals surface area contributed by atoms with Gasteiger partial charge in [0.05, 0.1) is 13.2 Å². The van der Waals surface area contributed by atoms with Crippen molar-refractivity contribution in [2.24, 2.45) is 0 Å². The predicted octanol–water partition coefficient (Wildman–Crippen LogP) is 18.2. The number of carbonyl (C=O) groups excluding carboxylic acids is 4. The molecular formula is C92H173O25P. The van der Waals surface area contributed by atoms with Gasteiger partial charge < -0.3 is 88.7 Å². The molecule has 25 nitrogen and oxygen atoms in total. The molecule has 696 valence electrons. The first kappa shape index (κ1) is 110. The second-order valence-electron chi connectivity index (χ2n) is 34.6. The lowest BCUT2D eigenvalue weighted by atomic mass is 9.84. The number of carbonyl (C=O) groups is 4. The minimum atomic E-state index is -5.80. The van der Waals surface area contributed by atoms with Crippen molar-refractivity contribution in [1.82, 2.24) is 0 Å². The van der Waals surface area contributed by atoms with E-state index in [-0.39, 0.29) is 25.7 Å². The standard InChI is InChI=1S/C92H173O25P/c1-5-9-13-17-21-25-29-33-36-39-42-44-48-52-56-60-64-75(94)108-69-72(111-77(96)66-62-58-54-50-46-40-32-28-24-20-16-12-8-4)70-110-118(106,107)117-90-88(115-91-85(104)81(100)79(98)73(68-93)112-91)84(103)83(102)87(114-78(97)67-63-59-55-51-47-43-38-35-31-27-23-19-15-11-7-3)89(90)116-92-86(105)82(101)80(99)74(113-92)71-109-76(95)65-61-57-53-49-45-41-37-34-30-26-22-18-14-10-6-2/h72-74,79-93,98-105H,5-71H2,1-4H3,(H,106,107). The second-order valence-corrected chi connectivity index (χ2v) is 36.0. The molecule has 0 radical (unpaired) electrons. The van der Waals surface area contributed by atoms with Crippen LogP contribution in [0.1, 0.15) is 432 Å². The first-order valence-corrected chi connectivity index (χ1v) is 49.8. The summed E-state index contributed by atoms with van der Waals surface area (Å²) in [5, 5.41) is 102. The lowest BCUT2D eigenvalue weighted by Gasteiger charge is -2.50. The molecule has 0 aromatic carbocycles. The monoisotopic (exact) mass is 1710 g/mol. The number of hydrogen-bond donors (Lipinski definition) is 10. The molecule has 26 heteroatoms. The molecule has 2 aliphatic heterocycles. The quantitative estimate of drug-likeness (QED) is 0.0117. The highest BCUT2D eigenvalue weighted by molar-refractivity contribution is 7.47. The maximum Gasteiger partial charge on any atom is 0.472 e. The van der Waals surface area contributed by atoms with E-state index in [2.05, 4.69) is 27.7 Å². The fourth-order valence-electron chi connectivity index (χ4n) is 16.2. The Kier molecular flexibility index (Phi) is 66.5. The van der Waals surface area contributed by atoms with E-state index in [1.807, 2.05) is 0 Å². The number of rotatable bonds is 79. The van der Waals surface area contributed by atoms with Crippen LogP contribution in [0.2, 0.25) is 0 Å². The maximum absolute atomic E-state index is 14.9. The number of hydrogen-bond acceptors (Lipinski definition) is 24. The number of phosphoric ester groups is 1. The van der Waals surface area contributed by atoms with Crippen molar-refractivity contribution in [1.29, 1.82) is 0 Å². The summed E-state index contributed by atoms with van der Waals surface area (Å²) in [5.74, 6) is -2.94. The van der Waals surface area contributed by atoms with Crippen molar-refractivity contribution in [2.75, 3.05) is 26.4 Å². The van der Waals surface area contributed by atoms with Gasteiger partial charge >= 0.3 is 31.7 Å². The summed E-state index contributed by atoms with van der Waals surface area (Å²) in [4.78, 5) is 66.5. The van der Waals surface area contributed by atoms with Crippen molar-refractivity contribution in [3.63, 3.8) is 0 Å². The largest absolute Gasteiger partial charge is 0.472 e. The summed E-state index contributed by atoms with van der Waals surface area (Å²) in [6, 6.07) is 0. The van der Waals surface area contributed by atoms with Gasteiger partial charge in [-0.25, -0.2) is 4.57 Å². The average molecular weight is 1710 g/mol. The van der Waals surface area contributed by atoms with Gasteiger partial charge in [0.15, 0.2) is 24.8 Å². The van der Waals surface area contributed by atoms with Crippen LogP contribution >= 0.6 is 7.82 Å². The molecule has 18 atom stereocenters. The Morgan fingerprint density at radius 3 is 0.924 bits per heavy atom. The normalized spacial score (nSPS) is 24.9. The summed E-state index contributed by atoms with van der Waals surface area (Å²) >= 11 is 0. The van der Waals surface area contributed by atoms with E-state index in [4.69, 9.17) is 46.9 Å². The van der Waals surface area contributed by atoms with Gasteiger partial charge in [-0.2, -0.15) is 0 Å². The minimum absolute atomic E-state index is 0.0203. The fraction of sp³-hybridized carbons (Fsp3) is 0.957. The molecule has 3 aliphatic rings. The summed E-state index contributed by atoms with van der Waals surface area (Å²) in [6.07, 6.45) is 29.3. The van der Waals surface area contributed by atoms with E-state index in [1.165, 1.54) is 218 Å². The first-order chi connectivity index (χ1) is 57.2. The maximum atomic E-state index is 14.9. The molecule has 18 unspecified atom stereocenters. The van der Waals surface area contributed by atoms with Crippen LogP contribution in [0.25, 0.3) is 0 Å². The third-order valence-electron chi connectivity index (χ3n) is 23.9. The Morgan fingerprint density at radius 2 is 0.585 bits per heavy atom. The number of unbranched alkanes of at least 4 members (excludes halogenated alkanes) is 55. The lowest BCUT2D eigenvalue weighted by Crippen LogP contribution is -2.70. The minimum Gasteiger partial charge on any atom is -0.463 e. The van der Waals surface area contributed by atoms with Gasteiger partial charge in [-0.05, 0) is 25.7 Å². The molecule has 0 aromatic heterocycles. The number of esters is 4. The van der Waals surface area contributed by atoms with Crippen LogP contribution in [-0.2, 0) is 70.7 Å². The molecule has 0 aromatic rings. The van der Waals surface area contributed by atoms with Gasteiger partial charge in [-0.1, -0.05) is 381 Å². The summed E-state index contributed by atoms with van der Waals surface area (Å²) < 4.78 is 73.5. The highest BCUT2D eigenvalue weighted by atomic mass is 31.2. The topological polar surface area (TPSA) is 380 Å². The molecule has 3 rings (SSSR count). The fourth-order valence-corrected chi connectivity index (χ4v) is 17.2. The van der Waals surface area contributed by atoms with Gasteiger partial charge in [0, 0.05) is 25.7 Å². The molecule has 1 saturated carbocycles. The molecule has 118 heavy (non-hydrogen) atoms. The Morgan fingerprint density at radius 1 is 0.305 bits per heavy atom. The van der Waals surface area contributed by atoms with Crippen LogP contribution in [0.3, 0.4) is 0 Å². The van der Waals surface area contributed by atoms with E-state index >= 15 is 0 Å². The molecule has 2 saturated heterocycles. The Balaban J connectivity index is 1.90. The van der Waals surface area contributed by atoms with E-state index in [0.29, 0.717) is 32.1 Å². The molecule has 3 fully saturated rings. The summed E-state index contributed by atoms with van der Waals surface area (Å²) in [6.45, 7) is 5.65. The molecule has 1 aliphatic carbocycles. The van der Waals surface area contributed by atoms with Crippen LogP contribution in [0.15, 0.2) is 0 Å². The summed E-state index contributed by atoms with van der Waals surface area (Å²) in [7, 11) is -5.80. The van der Waals surface area contributed by atoms with Crippen LogP contribution in [0, 0.1) is 0 Å². The van der Waals surface area contributed by atoms with Crippen molar-refractivity contribution < 1.29 is 122 Å². The lowest BCUT2D eigenvalue weighted by molar-refractivity contribution is -0.360. The van der Waals surface area contributed by atoms with Crippen LogP contribution < -0.4 is 0 Å².